The van der Waals surface area contributed by atoms with Gasteiger partial charge in [0.1, 0.15) is 11.6 Å². The normalized spacial score (nSPS) is 16.4. The predicted octanol–water partition coefficient (Wildman–Crippen LogP) is 5.10. The molecule has 1 saturated heterocycles. The van der Waals surface area contributed by atoms with Crippen LogP contribution in [0.2, 0.25) is 5.02 Å². The number of nitrogens with zero attached hydrogens (tertiary/aromatic N) is 3. The van der Waals surface area contributed by atoms with Crippen molar-refractivity contribution in [2.75, 3.05) is 23.3 Å². The molecule has 1 fully saturated rings. The van der Waals surface area contributed by atoms with Crippen LogP contribution in [0.25, 0.3) is 11.4 Å². The van der Waals surface area contributed by atoms with E-state index in [1.807, 2.05) is 25.1 Å². The molecule has 1 unspecified atom stereocenters. The molecular formula is C23H22ClFN4O. The molecule has 1 atom stereocenters. The molecule has 1 aliphatic heterocycles. The number of piperidine rings is 1. The summed E-state index contributed by atoms with van der Waals surface area (Å²) in [7, 11) is 0. The fourth-order valence-electron chi connectivity index (χ4n) is 3.61. The minimum Gasteiger partial charge on any atom is -0.356 e. The number of aromatic nitrogens is 2. The first-order valence-corrected chi connectivity index (χ1v) is 10.3. The molecular weight excluding hydrogens is 403 g/mol. The van der Waals surface area contributed by atoms with Crippen molar-refractivity contribution in [2.24, 2.45) is 5.92 Å². The zero-order valence-electron chi connectivity index (χ0n) is 16.6. The maximum absolute atomic E-state index is 13.6. The quantitative estimate of drug-likeness (QED) is 0.633. The van der Waals surface area contributed by atoms with Crippen LogP contribution in [-0.2, 0) is 4.79 Å². The first-order valence-electron chi connectivity index (χ1n) is 9.90. The van der Waals surface area contributed by atoms with Gasteiger partial charge in [-0.1, -0.05) is 29.8 Å². The molecule has 154 valence electrons. The average Bonchev–Trinajstić information content (AvgIpc) is 2.76. The Hall–Kier alpha value is -2.99. The summed E-state index contributed by atoms with van der Waals surface area (Å²) in [6.45, 7) is 3.29. The zero-order chi connectivity index (χ0) is 21.1. The Kier molecular flexibility index (Phi) is 5.95. The first-order chi connectivity index (χ1) is 14.5. The Morgan fingerprint density at radius 1 is 1.23 bits per heavy atom. The van der Waals surface area contributed by atoms with E-state index in [0.29, 0.717) is 28.6 Å². The van der Waals surface area contributed by atoms with E-state index in [1.54, 1.807) is 24.4 Å². The van der Waals surface area contributed by atoms with Crippen molar-refractivity contribution in [3.8, 4) is 11.4 Å². The van der Waals surface area contributed by atoms with Gasteiger partial charge in [0.25, 0.3) is 0 Å². The van der Waals surface area contributed by atoms with Gasteiger partial charge in [-0.15, -0.1) is 0 Å². The monoisotopic (exact) mass is 424 g/mol. The number of rotatable bonds is 4. The predicted molar refractivity (Wildman–Crippen MR) is 117 cm³/mol. The van der Waals surface area contributed by atoms with Gasteiger partial charge in [-0.3, -0.25) is 4.79 Å². The number of amides is 1. The molecule has 0 radical (unpaired) electrons. The highest BCUT2D eigenvalue weighted by molar-refractivity contribution is 6.31. The van der Waals surface area contributed by atoms with E-state index in [2.05, 4.69) is 20.2 Å². The number of hydrogen-bond acceptors (Lipinski definition) is 4. The minimum absolute atomic E-state index is 0.0287. The molecule has 4 rings (SSSR count). The van der Waals surface area contributed by atoms with Crippen molar-refractivity contribution < 1.29 is 9.18 Å². The highest BCUT2D eigenvalue weighted by Gasteiger charge is 2.27. The van der Waals surface area contributed by atoms with Crippen LogP contribution >= 0.6 is 11.6 Å². The Labute approximate surface area is 179 Å². The van der Waals surface area contributed by atoms with E-state index in [-0.39, 0.29) is 17.6 Å². The SMILES string of the molecule is Cc1ccc(NC(=O)C2CCCN(c3ccnc(-c4cccc(F)c4)n3)C2)cc1Cl. The molecule has 3 aromatic rings. The number of halogens is 2. The lowest BCUT2D eigenvalue weighted by atomic mass is 9.97. The molecule has 2 aromatic carbocycles. The molecule has 30 heavy (non-hydrogen) atoms. The van der Waals surface area contributed by atoms with E-state index in [1.165, 1.54) is 12.1 Å². The lowest BCUT2D eigenvalue weighted by Crippen LogP contribution is -2.41. The highest BCUT2D eigenvalue weighted by Crippen LogP contribution is 2.26. The second-order valence-electron chi connectivity index (χ2n) is 7.49. The molecule has 0 saturated carbocycles. The lowest BCUT2D eigenvalue weighted by molar-refractivity contribution is -0.120. The highest BCUT2D eigenvalue weighted by atomic mass is 35.5. The third-order valence-corrected chi connectivity index (χ3v) is 5.69. The third kappa shape index (κ3) is 4.60. The Bertz CT molecular complexity index is 1070. The summed E-state index contributed by atoms with van der Waals surface area (Å²) in [5.41, 5.74) is 2.29. The standard InChI is InChI=1S/C23H22ClFN4O/c1-15-7-8-19(13-20(15)24)27-23(30)17-5-3-11-29(14-17)21-9-10-26-22(28-21)16-4-2-6-18(25)12-16/h2,4,6-10,12-13,17H,3,5,11,14H2,1H3,(H,27,30). The second kappa shape index (κ2) is 8.79. The van der Waals surface area contributed by atoms with Crippen molar-refractivity contribution in [3.63, 3.8) is 0 Å². The van der Waals surface area contributed by atoms with Crippen LogP contribution in [0.5, 0.6) is 0 Å². The van der Waals surface area contributed by atoms with Crippen molar-refractivity contribution in [1.29, 1.82) is 0 Å². The van der Waals surface area contributed by atoms with Gasteiger partial charge in [-0.2, -0.15) is 0 Å². The summed E-state index contributed by atoms with van der Waals surface area (Å²) in [5, 5.41) is 3.60. The summed E-state index contributed by atoms with van der Waals surface area (Å²) in [4.78, 5) is 23.8. The minimum atomic E-state index is -0.326. The molecule has 0 spiro atoms. The van der Waals surface area contributed by atoms with Crippen LogP contribution in [0.4, 0.5) is 15.9 Å². The molecule has 1 amide bonds. The largest absolute Gasteiger partial charge is 0.356 e. The third-order valence-electron chi connectivity index (χ3n) is 5.28. The number of anilines is 2. The Morgan fingerprint density at radius 3 is 2.90 bits per heavy atom. The van der Waals surface area contributed by atoms with Crippen molar-refractivity contribution >= 4 is 29.0 Å². The molecule has 1 N–H and O–H groups in total. The summed E-state index contributed by atoms with van der Waals surface area (Å²) in [6.07, 6.45) is 3.36. The van der Waals surface area contributed by atoms with Gasteiger partial charge in [0.05, 0.1) is 5.92 Å². The maximum atomic E-state index is 13.6. The second-order valence-corrected chi connectivity index (χ2v) is 7.89. The van der Waals surface area contributed by atoms with Crippen molar-refractivity contribution in [1.82, 2.24) is 9.97 Å². The fourth-order valence-corrected chi connectivity index (χ4v) is 3.79. The van der Waals surface area contributed by atoms with E-state index in [9.17, 15) is 9.18 Å². The number of hydrogen-bond donors (Lipinski definition) is 1. The van der Waals surface area contributed by atoms with Crippen LogP contribution in [0.15, 0.2) is 54.7 Å². The van der Waals surface area contributed by atoms with Gasteiger partial charge in [0.2, 0.25) is 5.91 Å². The van der Waals surface area contributed by atoms with Gasteiger partial charge in [-0.05, 0) is 55.7 Å². The number of benzene rings is 2. The Morgan fingerprint density at radius 2 is 2.10 bits per heavy atom. The summed E-state index contributed by atoms with van der Waals surface area (Å²) >= 11 is 6.16. The summed E-state index contributed by atoms with van der Waals surface area (Å²) in [6, 6.07) is 13.6. The van der Waals surface area contributed by atoms with E-state index in [0.717, 1.165) is 30.8 Å². The topological polar surface area (TPSA) is 58.1 Å². The molecule has 1 aromatic heterocycles. The molecule has 1 aliphatic rings. The molecule has 0 bridgehead atoms. The molecule has 7 heteroatoms. The van der Waals surface area contributed by atoms with Gasteiger partial charge < -0.3 is 10.2 Å². The van der Waals surface area contributed by atoms with E-state index < -0.39 is 0 Å². The summed E-state index contributed by atoms with van der Waals surface area (Å²) < 4.78 is 13.6. The van der Waals surface area contributed by atoms with Crippen molar-refractivity contribution in [2.45, 2.75) is 19.8 Å². The Balaban J connectivity index is 1.48. The summed E-state index contributed by atoms with van der Waals surface area (Å²) in [5.74, 6) is 0.686. The number of carbonyl (C=O) groups is 1. The first kappa shape index (κ1) is 20.3. The van der Waals surface area contributed by atoms with Gasteiger partial charge in [0.15, 0.2) is 5.82 Å². The van der Waals surface area contributed by atoms with Crippen LogP contribution in [0, 0.1) is 18.7 Å². The van der Waals surface area contributed by atoms with Gasteiger partial charge in [-0.25, -0.2) is 14.4 Å². The van der Waals surface area contributed by atoms with Crippen LogP contribution in [0.1, 0.15) is 18.4 Å². The van der Waals surface area contributed by atoms with Crippen LogP contribution < -0.4 is 10.2 Å². The average molecular weight is 425 g/mol. The number of carbonyl (C=O) groups excluding carboxylic acids is 1. The van der Waals surface area contributed by atoms with Crippen LogP contribution in [-0.4, -0.2) is 29.0 Å². The molecule has 2 heterocycles. The van der Waals surface area contributed by atoms with Crippen LogP contribution in [0.3, 0.4) is 0 Å². The van der Waals surface area contributed by atoms with E-state index >= 15 is 0 Å². The number of aryl methyl sites for hydroxylation is 1. The molecule has 5 nitrogen and oxygen atoms in total. The van der Waals surface area contributed by atoms with Gasteiger partial charge >= 0.3 is 0 Å². The molecule has 0 aliphatic carbocycles. The lowest BCUT2D eigenvalue weighted by Gasteiger charge is -2.33. The van der Waals surface area contributed by atoms with E-state index in [4.69, 9.17) is 11.6 Å². The van der Waals surface area contributed by atoms with Crippen molar-refractivity contribution in [3.05, 3.63) is 71.1 Å². The number of nitrogens with one attached hydrogen (secondary N) is 1. The maximum Gasteiger partial charge on any atom is 0.229 e. The van der Waals surface area contributed by atoms with Gasteiger partial charge in [0, 0.05) is 35.6 Å². The fraction of sp³-hybridized carbons (Fsp3) is 0.261. The smallest absolute Gasteiger partial charge is 0.229 e. The zero-order valence-corrected chi connectivity index (χ0v) is 17.4.